The molecule has 8 nitrogen and oxygen atoms in total. The first-order chi connectivity index (χ1) is 8.52. The SMILES string of the molecule is CNS(=O)(=O)CCNC(=O)c1n[nH]c(C2CC2)n1. The van der Waals surface area contributed by atoms with Crippen molar-refractivity contribution in [3.63, 3.8) is 0 Å². The summed E-state index contributed by atoms with van der Waals surface area (Å²) in [6.45, 7) is 0.0231. The summed E-state index contributed by atoms with van der Waals surface area (Å²) in [5, 5.41) is 8.97. The van der Waals surface area contributed by atoms with E-state index >= 15 is 0 Å². The number of hydrogen-bond acceptors (Lipinski definition) is 5. The zero-order valence-electron chi connectivity index (χ0n) is 9.93. The third-order valence-corrected chi connectivity index (χ3v) is 4.00. The monoisotopic (exact) mass is 273 g/mol. The molecule has 100 valence electrons. The van der Waals surface area contributed by atoms with Crippen molar-refractivity contribution in [3.8, 4) is 0 Å². The number of H-pyrrole nitrogens is 1. The number of nitrogens with one attached hydrogen (secondary N) is 3. The highest BCUT2D eigenvalue weighted by molar-refractivity contribution is 7.89. The fourth-order valence-electron chi connectivity index (χ4n) is 1.40. The van der Waals surface area contributed by atoms with Crippen LogP contribution in [0.2, 0.25) is 0 Å². The summed E-state index contributed by atoms with van der Waals surface area (Å²) in [4.78, 5) is 15.7. The van der Waals surface area contributed by atoms with Crippen LogP contribution in [0.1, 0.15) is 35.2 Å². The molecule has 0 bridgehead atoms. The van der Waals surface area contributed by atoms with Crippen molar-refractivity contribution in [1.29, 1.82) is 0 Å². The summed E-state index contributed by atoms with van der Waals surface area (Å²) in [7, 11) is -1.98. The van der Waals surface area contributed by atoms with Crippen LogP contribution in [0.3, 0.4) is 0 Å². The van der Waals surface area contributed by atoms with Gasteiger partial charge in [-0.05, 0) is 19.9 Å². The first-order valence-corrected chi connectivity index (χ1v) is 7.29. The normalized spacial score (nSPS) is 15.6. The van der Waals surface area contributed by atoms with E-state index in [9.17, 15) is 13.2 Å². The molecule has 1 amide bonds. The Morgan fingerprint density at radius 2 is 2.22 bits per heavy atom. The molecular formula is C9H15N5O3S. The average molecular weight is 273 g/mol. The Bertz CT molecular complexity index is 534. The van der Waals surface area contributed by atoms with E-state index < -0.39 is 15.9 Å². The van der Waals surface area contributed by atoms with Gasteiger partial charge in [0.1, 0.15) is 5.82 Å². The molecule has 1 aliphatic carbocycles. The molecule has 0 saturated heterocycles. The number of aromatic amines is 1. The quantitative estimate of drug-likeness (QED) is 0.612. The number of sulfonamides is 1. The lowest BCUT2D eigenvalue weighted by Gasteiger charge is -2.02. The number of carbonyl (C=O) groups is 1. The average Bonchev–Trinajstić information content (AvgIpc) is 3.07. The summed E-state index contributed by atoms with van der Waals surface area (Å²) in [6, 6.07) is 0. The van der Waals surface area contributed by atoms with Crippen molar-refractivity contribution in [3.05, 3.63) is 11.6 Å². The smallest absolute Gasteiger partial charge is 0.290 e. The molecule has 0 unspecified atom stereocenters. The van der Waals surface area contributed by atoms with Gasteiger partial charge in [0.15, 0.2) is 0 Å². The van der Waals surface area contributed by atoms with Crippen LogP contribution >= 0.6 is 0 Å². The fourth-order valence-corrected chi connectivity index (χ4v) is 1.97. The van der Waals surface area contributed by atoms with Gasteiger partial charge in [-0.3, -0.25) is 9.89 Å². The molecule has 0 radical (unpaired) electrons. The van der Waals surface area contributed by atoms with Crippen LogP contribution in [-0.2, 0) is 10.0 Å². The van der Waals surface area contributed by atoms with E-state index in [1.807, 2.05) is 0 Å². The van der Waals surface area contributed by atoms with Gasteiger partial charge in [-0.1, -0.05) is 0 Å². The van der Waals surface area contributed by atoms with Crippen LogP contribution in [-0.4, -0.2) is 48.9 Å². The molecule has 1 saturated carbocycles. The topological polar surface area (TPSA) is 117 Å². The Morgan fingerprint density at radius 1 is 1.50 bits per heavy atom. The first-order valence-electron chi connectivity index (χ1n) is 5.63. The zero-order chi connectivity index (χ0) is 13.2. The maximum atomic E-state index is 11.6. The van der Waals surface area contributed by atoms with Crippen molar-refractivity contribution in [2.24, 2.45) is 0 Å². The fraction of sp³-hybridized carbons (Fsp3) is 0.667. The summed E-state index contributed by atoms with van der Waals surface area (Å²) >= 11 is 0. The molecule has 2 rings (SSSR count). The number of hydrogen-bond donors (Lipinski definition) is 3. The van der Waals surface area contributed by atoms with Crippen LogP contribution in [0.5, 0.6) is 0 Å². The van der Waals surface area contributed by atoms with Crippen LogP contribution in [0, 0.1) is 0 Å². The third-order valence-electron chi connectivity index (χ3n) is 2.64. The van der Waals surface area contributed by atoms with Crippen molar-refractivity contribution >= 4 is 15.9 Å². The van der Waals surface area contributed by atoms with E-state index in [1.54, 1.807) is 0 Å². The van der Waals surface area contributed by atoms with Crippen molar-refractivity contribution in [2.45, 2.75) is 18.8 Å². The Balaban J connectivity index is 1.83. The number of nitrogens with zero attached hydrogens (tertiary/aromatic N) is 2. The van der Waals surface area contributed by atoms with Gasteiger partial charge in [0.2, 0.25) is 15.8 Å². The highest BCUT2D eigenvalue weighted by atomic mass is 32.2. The lowest BCUT2D eigenvalue weighted by molar-refractivity contribution is 0.0946. The number of rotatable bonds is 6. The minimum atomic E-state index is -3.31. The molecule has 0 spiro atoms. The van der Waals surface area contributed by atoms with Gasteiger partial charge in [0, 0.05) is 12.5 Å². The van der Waals surface area contributed by atoms with E-state index in [0.717, 1.165) is 18.7 Å². The second-order valence-corrected chi connectivity index (χ2v) is 6.14. The zero-order valence-corrected chi connectivity index (χ0v) is 10.7. The highest BCUT2D eigenvalue weighted by Gasteiger charge is 2.28. The second-order valence-electron chi connectivity index (χ2n) is 4.10. The molecular weight excluding hydrogens is 258 g/mol. The Morgan fingerprint density at radius 3 is 2.83 bits per heavy atom. The number of carbonyl (C=O) groups excluding carboxylic acids is 1. The molecule has 0 atom stereocenters. The van der Waals surface area contributed by atoms with Crippen molar-refractivity contribution in [2.75, 3.05) is 19.3 Å². The van der Waals surface area contributed by atoms with Crippen LogP contribution in [0.15, 0.2) is 0 Å². The van der Waals surface area contributed by atoms with Crippen molar-refractivity contribution < 1.29 is 13.2 Å². The van der Waals surface area contributed by atoms with Crippen LogP contribution in [0.25, 0.3) is 0 Å². The molecule has 1 aromatic rings. The predicted octanol–water partition coefficient (Wildman–Crippen LogP) is -1.04. The summed E-state index contributed by atoms with van der Waals surface area (Å²) < 4.78 is 24.4. The van der Waals surface area contributed by atoms with Gasteiger partial charge in [-0.2, -0.15) is 0 Å². The summed E-state index contributed by atoms with van der Waals surface area (Å²) in [5.74, 6) is 0.532. The maximum Gasteiger partial charge on any atom is 0.290 e. The molecule has 1 heterocycles. The molecule has 1 aliphatic rings. The number of aromatic nitrogens is 3. The Hall–Kier alpha value is -1.48. The molecule has 9 heteroatoms. The van der Waals surface area contributed by atoms with E-state index in [-0.39, 0.29) is 18.1 Å². The minimum Gasteiger partial charge on any atom is -0.348 e. The predicted molar refractivity (Wildman–Crippen MR) is 63.5 cm³/mol. The third kappa shape index (κ3) is 3.26. The first kappa shape index (κ1) is 13.0. The van der Waals surface area contributed by atoms with Gasteiger partial charge in [-0.15, -0.1) is 5.10 Å². The van der Waals surface area contributed by atoms with Gasteiger partial charge in [0.05, 0.1) is 5.75 Å². The molecule has 0 aliphatic heterocycles. The van der Waals surface area contributed by atoms with Crippen LogP contribution < -0.4 is 10.0 Å². The molecule has 1 fully saturated rings. The van der Waals surface area contributed by atoms with Gasteiger partial charge < -0.3 is 5.32 Å². The van der Waals surface area contributed by atoms with Crippen LogP contribution in [0.4, 0.5) is 0 Å². The molecule has 3 N–H and O–H groups in total. The molecule has 1 aromatic heterocycles. The maximum absolute atomic E-state index is 11.6. The van der Waals surface area contributed by atoms with E-state index in [4.69, 9.17) is 0 Å². The molecule has 0 aromatic carbocycles. The summed E-state index contributed by atoms with van der Waals surface area (Å²) in [6.07, 6.45) is 2.13. The van der Waals surface area contributed by atoms with E-state index in [1.165, 1.54) is 7.05 Å². The largest absolute Gasteiger partial charge is 0.348 e. The van der Waals surface area contributed by atoms with Gasteiger partial charge >= 0.3 is 0 Å². The Labute approximate surface area is 105 Å². The lowest BCUT2D eigenvalue weighted by Crippen LogP contribution is -2.33. The van der Waals surface area contributed by atoms with Crippen molar-refractivity contribution in [1.82, 2.24) is 25.2 Å². The van der Waals surface area contributed by atoms with E-state index in [0.29, 0.717) is 5.92 Å². The van der Waals surface area contributed by atoms with Gasteiger partial charge in [-0.25, -0.2) is 18.1 Å². The van der Waals surface area contributed by atoms with E-state index in [2.05, 4.69) is 25.2 Å². The summed E-state index contributed by atoms with van der Waals surface area (Å²) in [5.41, 5.74) is 0. The second kappa shape index (κ2) is 5.02. The van der Waals surface area contributed by atoms with Gasteiger partial charge in [0.25, 0.3) is 5.91 Å². The highest BCUT2D eigenvalue weighted by Crippen LogP contribution is 2.37. The Kier molecular flexibility index (Phi) is 3.62. The number of amides is 1. The molecule has 18 heavy (non-hydrogen) atoms. The lowest BCUT2D eigenvalue weighted by atomic mass is 10.4. The standard InChI is InChI=1S/C9H15N5O3S/c1-10-18(16,17)5-4-11-9(15)8-12-7(13-14-8)6-2-3-6/h6,10H,2-5H2,1H3,(H,11,15)(H,12,13,14). The minimum absolute atomic E-state index is 0.0231.